The van der Waals surface area contributed by atoms with E-state index < -0.39 is 0 Å². The summed E-state index contributed by atoms with van der Waals surface area (Å²) in [5.41, 5.74) is 3.47. The van der Waals surface area contributed by atoms with Crippen LogP contribution in [0.25, 0.3) is 0 Å². The number of carbonyl (C=O) groups excluding carboxylic acids is 2. The zero-order valence-electron chi connectivity index (χ0n) is 19.1. The number of aryl methyl sites for hydroxylation is 2. The Bertz CT molecular complexity index is 958. The van der Waals surface area contributed by atoms with Crippen LogP contribution in [0.2, 0.25) is 5.02 Å². The van der Waals surface area contributed by atoms with E-state index in [9.17, 15) is 0 Å². The lowest BCUT2D eigenvalue weighted by atomic mass is 10.1. The molecule has 32 heavy (non-hydrogen) atoms. The minimum absolute atomic E-state index is 0.0822. The van der Waals surface area contributed by atoms with Crippen LogP contribution in [-0.2, 0) is 22.7 Å². The normalized spacial score (nSPS) is 10.9. The SMILES string of the molecule is C=O.C=O.CCC(NCc1ccc(Cl)c(C)c1)c1nnc(Oc2ccc(C)cc2)n1CC. The highest BCUT2D eigenvalue weighted by Gasteiger charge is 2.20. The smallest absolute Gasteiger partial charge is 0.322 e. The van der Waals surface area contributed by atoms with Gasteiger partial charge in [-0.05, 0) is 56.5 Å². The number of halogens is 1. The van der Waals surface area contributed by atoms with Crippen molar-refractivity contribution in [2.75, 3.05) is 0 Å². The molecule has 1 aromatic heterocycles. The van der Waals surface area contributed by atoms with Crippen molar-refractivity contribution in [3.05, 3.63) is 70.0 Å². The second kappa shape index (κ2) is 14.1. The van der Waals surface area contributed by atoms with Crippen molar-refractivity contribution < 1.29 is 14.3 Å². The maximum absolute atomic E-state index is 8.00. The maximum atomic E-state index is 8.00. The topological polar surface area (TPSA) is 86.1 Å². The van der Waals surface area contributed by atoms with Crippen molar-refractivity contribution in [1.29, 1.82) is 0 Å². The Morgan fingerprint density at radius 3 is 2.25 bits per heavy atom. The van der Waals surface area contributed by atoms with Crippen LogP contribution in [-0.4, -0.2) is 28.3 Å². The Morgan fingerprint density at radius 1 is 1.03 bits per heavy atom. The molecule has 0 aliphatic carbocycles. The van der Waals surface area contributed by atoms with E-state index in [2.05, 4.69) is 42.4 Å². The third-order valence-corrected chi connectivity index (χ3v) is 5.21. The summed E-state index contributed by atoms with van der Waals surface area (Å²) in [5.74, 6) is 1.65. The molecule has 3 aromatic rings. The highest BCUT2D eigenvalue weighted by molar-refractivity contribution is 6.31. The molecule has 7 nitrogen and oxygen atoms in total. The van der Waals surface area contributed by atoms with Crippen molar-refractivity contribution >= 4 is 25.2 Å². The zero-order valence-corrected chi connectivity index (χ0v) is 19.9. The number of hydrogen-bond acceptors (Lipinski definition) is 6. The molecular weight excluding hydrogens is 428 g/mol. The highest BCUT2D eigenvalue weighted by atomic mass is 35.5. The van der Waals surface area contributed by atoms with Crippen molar-refractivity contribution in [3.63, 3.8) is 0 Å². The van der Waals surface area contributed by atoms with Crippen LogP contribution in [0.3, 0.4) is 0 Å². The molecule has 1 atom stereocenters. The molecule has 0 amide bonds. The molecule has 0 radical (unpaired) electrons. The molecule has 3 rings (SSSR count). The van der Waals surface area contributed by atoms with Gasteiger partial charge in [0.25, 0.3) is 0 Å². The Kier molecular flexibility index (Phi) is 11.9. The first kappa shape index (κ1) is 27.0. The van der Waals surface area contributed by atoms with Crippen LogP contribution >= 0.6 is 11.6 Å². The standard InChI is InChI=1S/C22H27ClN4O.2CH2O/c1-5-20(24-14-17-9-12-19(23)16(4)13-17)21-25-26-22(27(21)6-2)28-18-10-7-15(3)8-11-18;2*1-2/h7-13,20,24H,5-6,14H2,1-4H3;2*1H2. The van der Waals surface area contributed by atoms with E-state index in [0.717, 1.165) is 41.7 Å². The van der Waals surface area contributed by atoms with Crippen molar-refractivity contribution in [2.24, 2.45) is 0 Å². The first-order valence-electron chi connectivity index (χ1n) is 10.3. The number of benzene rings is 2. The molecule has 0 spiro atoms. The second-order valence-electron chi connectivity index (χ2n) is 6.93. The maximum Gasteiger partial charge on any atom is 0.322 e. The largest absolute Gasteiger partial charge is 0.424 e. The Balaban J connectivity index is 0.00000121. The van der Waals surface area contributed by atoms with Gasteiger partial charge in [0.2, 0.25) is 0 Å². The fraction of sp³-hybridized carbons (Fsp3) is 0.333. The monoisotopic (exact) mass is 458 g/mol. The fourth-order valence-corrected chi connectivity index (χ4v) is 3.24. The highest BCUT2D eigenvalue weighted by Crippen LogP contribution is 2.25. The van der Waals surface area contributed by atoms with Gasteiger partial charge in [0.1, 0.15) is 19.3 Å². The first-order valence-corrected chi connectivity index (χ1v) is 10.6. The van der Waals surface area contributed by atoms with Crippen LogP contribution in [0.1, 0.15) is 48.8 Å². The zero-order chi connectivity index (χ0) is 24.1. The summed E-state index contributed by atoms with van der Waals surface area (Å²) in [6, 6.07) is 14.6. The van der Waals surface area contributed by atoms with E-state index in [1.807, 2.05) is 61.5 Å². The number of aromatic nitrogens is 3. The van der Waals surface area contributed by atoms with E-state index in [1.54, 1.807) is 0 Å². The summed E-state index contributed by atoms with van der Waals surface area (Å²) in [6.45, 7) is 13.8. The minimum atomic E-state index is 0.0822. The third kappa shape index (κ3) is 7.28. The van der Waals surface area contributed by atoms with Crippen molar-refractivity contribution in [3.8, 4) is 11.8 Å². The van der Waals surface area contributed by atoms with Gasteiger partial charge < -0.3 is 19.6 Å². The Labute approximate surface area is 194 Å². The summed E-state index contributed by atoms with van der Waals surface area (Å²) in [4.78, 5) is 16.0. The molecule has 0 bridgehead atoms. The lowest BCUT2D eigenvalue weighted by Gasteiger charge is -2.18. The van der Waals surface area contributed by atoms with Gasteiger partial charge in [-0.3, -0.25) is 4.57 Å². The Morgan fingerprint density at radius 2 is 1.69 bits per heavy atom. The molecule has 8 heteroatoms. The number of hydrogen-bond donors (Lipinski definition) is 1. The number of nitrogens with one attached hydrogen (secondary N) is 1. The van der Waals surface area contributed by atoms with Gasteiger partial charge in [0.05, 0.1) is 6.04 Å². The van der Waals surface area contributed by atoms with E-state index in [4.69, 9.17) is 25.9 Å². The number of rotatable bonds is 8. The molecule has 1 heterocycles. The predicted molar refractivity (Wildman–Crippen MR) is 127 cm³/mol. The lowest BCUT2D eigenvalue weighted by Crippen LogP contribution is -2.24. The molecule has 0 saturated carbocycles. The fourth-order valence-electron chi connectivity index (χ4n) is 3.12. The molecule has 0 aliphatic rings. The van der Waals surface area contributed by atoms with Gasteiger partial charge in [-0.2, -0.15) is 0 Å². The van der Waals surface area contributed by atoms with Crippen LogP contribution in [0.4, 0.5) is 0 Å². The predicted octanol–water partition coefficient (Wildman–Crippen LogP) is 5.23. The molecule has 0 saturated heterocycles. The molecule has 172 valence electrons. The van der Waals surface area contributed by atoms with Crippen LogP contribution in [0.15, 0.2) is 42.5 Å². The molecule has 0 aliphatic heterocycles. The van der Waals surface area contributed by atoms with Crippen LogP contribution in [0, 0.1) is 13.8 Å². The summed E-state index contributed by atoms with van der Waals surface area (Å²) in [5, 5.41) is 13.1. The van der Waals surface area contributed by atoms with Crippen LogP contribution in [0.5, 0.6) is 11.8 Å². The molecule has 1 unspecified atom stereocenters. The van der Waals surface area contributed by atoms with Gasteiger partial charge in [-0.1, -0.05) is 53.5 Å². The summed E-state index contributed by atoms with van der Waals surface area (Å²) in [7, 11) is 0. The number of nitrogens with zero attached hydrogens (tertiary/aromatic N) is 3. The lowest BCUT2D eigenvalue weighted by molar-refractivity contribution is -0.0987. The molecule has 1 N–H and O–H groups in total. The van der Waals surface area contributed by atoms with Gasteiger partial charge in [0, 0.05) is 18.1 Å². The summed E-state index contributed by atoms with van der Waals surface area (Å²) >= 11 is 6.13. The van der Waals surface area contributed by atoms with Crippen molar-refractivity contribution in [1.82, 2.24) is 20.1 Å². The third-order valence-electron chi connectivity index (χ3n) is 4.79. The quantitative estimate of drug-likeness (QED) is 0.497. The van der Waals surface area contributed by atoms with Gasteiger partial charge >= 0.3 is 6.01 Å². The van der Waals surface area contributed by atoms with E-state index in [0.29, 0.717) is 6.01 Å². The molecule has 2 aromatic carbocycles. The van der Waals surface area contributed by atoms with Gasteiger partial charge in [-0.15, -0.1) is 5.10 Å². The van der Waals surface area contributed by atoms with Crippen molar-refractivity contribution in [2.45, 2.75) is 53.2 Å². The molecule has 0 fully saturated rings. The summed E-state index contributed by atoms with van der Waals surface area (Å²) < 4.78 is 7.99. The van der Waals surface area contributed by atoms with Gasteiger partial charge in [0.15, 0.2) is 5.82 Å². The van der Waals surface area contributed by atoms with E-state index >= 15 is 0 Å². The average molecular weight is 459 g/mol. The van der Waals surface area contributed by atoms with Gasteiger partial charge in [-0.25, -0.2) is 0 Å². The second-order valence-corrected chi connectivity index (χ2v) is 7.33. The van der Waals surface area contributed by atoms with E-state index in [1.165, 1.54) is 11.1 Å². The number of ether oxygens (including phenoxy) is 1. The minimum Gasteiger partial charge on any atom is -0.424 e. The van der Waals surface area contributed by atoms with Crippen LogP contribution < -0.4 is 10.1 Å². The Hall–Kier alpha value is -3.03. The average Bonchev–Trinajstić information content (AvgIpc) is 3.23. The summed E-state index contributed by atoms with van der Waals surface area (Å²) in [6.07, 6.45) is 0.898. The first-order chi connectivity index (χ1) is 15.5. The van der Waals surface area contributed by atoms with E-state index in [-0.39, 0.29) is 6.04 Å². The number of carbonyl (C=O) groups is 2. The molecular formula is C24H31ClN4O3.